The molecule has 4 rings (SSSR count). The van der Waals surface area contributed by atoms with Crippen LogP contribution in [0, 0.1) is 0 Å². The molecule has 1 saturated heterocycles. The minimum absolute atomic E-state index is 0.112. The third-order valence-electron chi connectivity index (χ3n) is 4.79. The summed E-state index contributed by atoms with van der Waals surface area (Å²) >= 11 is 0. The van der Waals surface area contributed by atoms with E-state index in [1.54, 1.807) is 36.5 Å². The third-order valence-corrected chi connectivity index (χ3v) is 4.79. The lowest BCUT2D eigenvalue weighted by atomic mass is 10.0. The van der Waals surface area contributed by atoms with E-state index in [-0.39, 0.29) is 17.7 Å². The Hall–Kier alpha value is -2.93. The average molecular weight is 351 g/mol. The molecule has 0 aliphatic carbocycles. The molecule has 0 spiro atoms. The Morgan fingerprint density at radius 2 is 2.15 bits per heavy atom. The molecular weight excluding hydrogens is 330 g/mol. The van der Waals surface area contributed by atoms with Gasteiger partial charge in [0, 0.05) is 18.2 Å². The number of likely N-dealkylation sites (tertiary alicyclic amines) is 1. The van der Waals surface area contributed by atoms with E-state index < -0.39 is 0 Å². The topological polar surface area (TPSA) is 94.1 Å². The molecule has 1 fully saturated rings. The minimum Gasteiger partial charge on any atom is -0.508 e. The monoisotopic (exact) mass is 351 g/mol. The molecule has 7 nitrogen and oxygen atoms in total. The normalized spacial score (nSPS) is 18.1. The summed E-state index contributed by atoms with van der Waals surface area (Å²) in [4.78, 5) is 19.7. The predicted octanol–water partition coefficient (Wildman–Crippen LogP) is 2.15. The Bertz CT molecular complexity index is 935. The highest BCUT2D eigenvalue weighted by molar-refractivity contribution is 6.06. The van der Waals surface area contributed by atoms with Crippen molar-refractivity contribution in [1.29, 1.82) is 0 Å². The largest absolute Gasteiger partial charge is 0.508 e. The number of hydrogen-bond donors (Lipinski definition) is 3. The summed E-state index contributed by atoms with van der Waals surface area (Å²) in [6, 6.07) is 8.69. The number of amides is 1. The van der Waals surface area contributed by atoms with Gasteiger partial charge in [-0.05, 0) is 56.8 Å². The number of hydrogen-bond acceptors (Lipinski definition) is 5. The SMILES string of the molecule is CN1CCCC(NC(=O)c2cc(-c3ccc(O)cc3)nc3[nH]ncc23)C1. The van der Waals surface area contributed by atoms with E-state index in [1.165, 1.54) is 0 Å². The number of nitrogens with one attached hydrogen (secondary N) is 2. The van der Waals surface area contributed by atoms with Gasteiger partial charge in [-0.2, -0.15) is 5.10 Å². The zero-order chi connectivity index (χ0) is 18.1. The summed E-state index contributed by atoms with van der Waals surface area (Å²) < 4.78 is 0. The molecule has 3 heterocycles. The van der Waals surface area contributed by atoms with E-state index in [1.807, 2.05) is 0 Å². The van der Waals surface area contributed by atoms with Crippen molar-refractivity contribution < 1.29 is 9.90 Å². The second-order valence-electron chi connectivity index (χ2n) is 6.81. The molecule has 3 aromatic rings. The number of phenols is 1. The number of nitrogens with zero attached hydrogens (tertiary/aromatic N) is 3. The maximum atomic E-state index is 12.9. The first-order valence-corrected chi connectivity index (χ1v) is 8.73. The lowest BCUT2D eigenvalue weighted by Gasteiger charge is -2.30. The average Bonchev–Trinajstić information content (AvgIpc) is 3.10. The number of carbonyl (C=O) groups is 1. The molecule has 1 amide bonds. The number of piperidine rings is 1. The summed E-state index contributed by atoms with van der Waals surface area (Å²) in [6.07, 6.45) is 3.70. The quantitative estimate of drug-likeness (QED) is 0.672. The van der Waals surface area contributed by atoms with Crippen LogP contribution in [0.2, 0.25) is 0 Å². The number of aromatic amines is 1. The van der Waals surface area contributed by atoms with Gasteiger partial charge in [0.25, 0.3) is 5.91 Å². The Kier molecular flexibility index (Phi) is 4.30. The van der Waals surface area contributed by atoms with Crippen LogP contribution in [0.25, 0.3) is 22.3 Å². The van der Waals surface area contributed by atoms with Gasteiger partial charge in [0.15, 0.2) is 5.65 Å². The van der Waals surface area contributed by atoms with Crippen molar-refractivity contribution >= 4 is 16.9 Å². The van der Waals surface area contributed by atoms with Gasteiger partial charge in [0.05, 0.1) is 22.8 Å². The molecule has 3 N–H and O–H groups in total. The Labute approximate surface area is 151 Å². The third kappa shape index (κ3) is 3.25. The molecule has 0 radical (unpaired) electrons. The molecule has 1 atom stereocenters. The second kappa shape index (κ2) is 6.76. The number of aromatic hydroxyl groups is 1. The molecule has 7 heteroatoms. The Morgan fingerprint density at radius 3 is 2.92 bits per heavy atom. The highest BCUT2D eigenvalue weighted by Crippen LogP contribution is 2.25. The van der Waals surface area contributed by atoms with E-state index in [0.29, 0.717) is 22.3 Å². The molecule has 0 saturated carbocycles. The van der Waals surface area contributed by atoms with Gasteiger partial charge in [0.1, 0.15) is 5.75 Å². The van der Waals surface area contributed by atoms with E-state index in [0.717, 1.165) is 31.5 Å². The molecule has 134 valence electrons. The Balaban J connectivity index is 1.68. The van der Waals surface area contributed by atoms with Gasteiger partial charge in [-0.25, -0.2) is 4.98 Å². The van der Waals surface area contributed by atoms with Crippen molar-refractivity contribution in [2.45, 2.75) is 18.9 Å². The lowest BCUT2D eigenvalue weighted by Crippen LogP contribution is -2.46. The first kappa shape index (κ1) is 16.5. The highest BCUT2D eigenvalue weighted by atomic mass is 16.3. The highest BCUT2D eigenvalue weighted by Gasteiger charge is 2.22. The van der Waals surface area contributed by atoms with Gasteiger partial charge >= 0.3 is 0 Å². The summed E-state index contributed by atoms with van der Waals surface area (Å²) in [5.41, 5.74) is 2.61. The van der Waals surface area contributed by atoms with Crippen LogP contribution in [-0.4, -0.2) is 57.3 Å². The van der Waals surface area contributed by atoms with Crippen LogP contribution in [0.5, 0.6) is 5.75 Å². The number of phenolic OH excluding ortho intramolecular Hbond substituents is 1. The van der Waals surface area contributed by atoms with Crippen molar-refractivity contribution in [3.8, 4) is 17.0 Å². The van der Waals surface area contributed by atoms with Crippen molar-refractivity contribution in [3.05, 3.63) is 42.1 Å². The van der Waals surface area contributed by atoms with E-state index in [4.69, 9.17) is 0 Å². The van der Waals surface area contributed by atoms with Gasteiger partial charge in [0.2, 0.25) is 0 Å². The smallest absolute Gasteiger partial charge is 0.252 e. The lowest BCUT2D eigenvalue weighted by molar-refractivity contribution is 0.0914. The minimum atomic E-state index is -0.112. The van der Waals surface area contributed by atoms with Crippen LogP contribution in [0.15, 0.2) is 36.5 Å². The molecule has 1 aliphatic rings. The van der Waals surface area contributed by atoms with Crippen LogP contribution >= 0.6 is 0 Å². The van der Waals surface area contributed by atoms with Gasteiger partial charge in [-0.15, -0.1) is 0 Å². The van der Waals surface area contributed by atoms with Crippen molar-refractivity contribution in [3.63, 3.8) is 0 Å². The van der Waals surface area contributed by atoms with E-state index >= 15 is 0 Å². The first-order chi connectivity index (χ1) is 12.6. The van der Waals surface area contributed by atoms with Crippen molar-refractivity contribution in [2.24, 2.45) is 0 Å². The standard InChI is InChI=1S/C19H21N5O2/c1-24-8-2-3-13(11-24)21-19(26)15-9-17(12-4-6-14(25)7-5-12)22-18-16(15)10-20-23-18/h4-7,9-10,13,25H,2-3,8,11H2,1H3,(H,21,26)(H,20,22,23). The Morgan fingerprint density at radius 1 is 1.35 bits per heavy atom. The van der Waals surface area contributed by atoms with Crippen molar-refractivity contribution in [1.82, 2.24) is 25.4 Å². The van der Waals surface area contributed by atoms with Crippen LogP contribution < -0.4 is 5.32 Å². The van der Waals surface area contributed by atoms with Crippen LogP contribution in [0.1, 0.15) is 23.2 Å². The molecule has 2 aromatic heterocycles. The fourth-order valence-electron chi connectivity index (χ4n) is 3.44. The van der Waals surface area contributed by atoms with E-state index in [9.17, 15) is 9.90 Å². The van der Waals surface area contributed by atoms with Crippen LogP contribution in [0.3, 0.4) is 0 Å². The summed E-state index contributed by atoms with van der Waals surface area (Å²) in [6.45, 7) is 1.93. The molecule has 0 bridgehead atoms. The number of likely N-dealkylation sites (N-methyl/N-ethyl adjacent to an activating group) is 1. The molecule has 1 unspecified atom stereocenters. The maximum absolute atomic E-state index is 12.9. The number of pyridine rings is 1. The predicted molar refractivity (Wildman–Crippen MR) is 99.0 cm³/mol. The van der Waals surface area contributed by atoms with E-state index in [2.05, 4.69) is 32.4 Å². The van der Waals surface area contributed by atoms with Crippen molar-refractivity contribution in [2.75, 3.05) is 20.1 Å². The molecule has 26 heavy (non-hydrogen) atoms. The van der Waals surface area contributed by atoms with Crippen LogP contribution in [0.4, 0.5) is 0 Å². The van der Waals surface area contributed by atoms with Gasteiger partial charge in [-0.1, -0.05) is 0 Å². The number of aromatic nitrogens is 3. The molecule has 1 aromatic carbocycles. The van der Waals surface area contributed by atoms with Gasteiger partial charge in [-0.3, -0.25) is 9.89 Å². The number of rotatable bonds is 3. The molecule has 1 aliphatic heterocycles. The fraction of sp³-hybridized carbons (Fsp3) is 0.316. The van der Waals surface area contributed by atoms with Crippen LogP contribution in [-0.2, 0) is 0 Å². The molecular formula is C19H21N5O2. The fourth-order valence-corrected chi connectivity index (χ4v) is 3.44. The zero-order valence-electron chi connectivity index (χ0n) is 14.6. The second-order valence-corrected chi connectivity index (χ2v) is 6.81. The summed E-state index contributed by atoms with van der Waals surface area (Å²) in [7, 11) is 2.07. The number of H-pyrrole nitrogens is 1. The van der Waals surface area contributed by atoms with Gasteiger partial charge < -0.3 is 15.3 Å². The maximum Gasteiger partial charge on any atom is 0.252 e. The number of fused-ring (bicyclic) bond motifs is 1. The zero-order valence-corrected chi connectivity index (χ0v) is 14.6. The summed E-state index contributed by atoms with van der Waals surface area (Å²) in [5, 5.41) is 20.2. The number of benzene rings is 1. The number of carbonyl (C=O) groups excluding carboxylic acids is 1. The first-order valence-electron chi connectivity index (χ1n) is 8.73. The summed E-state index contributed by atoms with van der Waals surface area (Å²) in [5.74, 6) is 0.0786.